The van der Waals surface area contributed by atoms with Gasteiger partial charge in [-0.25, -0.2) is 0 Å². The van der Waals surface area contributed by atoms with Gasteiger partial charge in [0.2, 0.25) is 0 Å². The van der Waals surface area contributed by atoms with Crippen LogP contribution in [0.25, 0.3) is 240 Å². The van der Waals surface area contributed by atoms with Crippen molar-refractivity contribution in [3.63, 3.8) is 0 Å². The first kappa shape index (κ1) is 69.3. The number of fused-ring (bicyclic) bond motifs is 20. The van der Waals surface area contributed by atoms with E-state index in [0.29, 0.717) is 0 Å². The van der Waals surface area contributed by atoms with Crippen molar-refractivity contribution in [3.05, 3.63) is 437 Å². The second-order valence-corrected chi connectivity index (χ2v) is 33.3. The van der Waals surface area contributed by atoms with Gasteiger partial charge in [0.25, 0.3) is 0 Å². The topological polar surface area (TPSA) is 32.9 Å². The molecule has 0 radical (unpaired) electrons. The number of thiophene rings is 1. The van der Waals surface area contributed by atoms with E-state index < -0.39 is 0 Å². The van der Waals surface area contributed by atoms with Crippen LogP contribution in [0.15, 0.2) is 441 Å². The molecule has 0 unspecified atom stereocenters. The molecule has 6 heterocycles. The van der Waals surface area contributed by atoms with Gasteiger partial charge in [0.05, 0.1) is 44.1 Å². The monoisotopic (exact) mass is 1570 g/mol. The highest BCUT2D eigenvalue weighted by atomic mass is 32.1. The zero-order valence-electron chi connectivity index (χ0n) is 66.2. The highest BCUT2D eigenvalue weighted by molar-refractivity contribution is 7.26. The van der Waals surface area contributed by atoms with Crippen molar-refractivity contribution in [1.82, 2.24) is 18.3 Å². The number of hydrogen-bond acceptors (Lipinski definition) is 2. The molecule has 26 aromatic rings. The predicted molar refractivity (Wildman–Crippen MR) is 518 cm³/mol. The fourth-order valence-electron chi connectivity index (χ4n) is 19.6. The van der Waals surface area contributed by atoms with Gasteiger partial charge in [-0.1, -0.05) is 303 Å². The normalized spacial score (nSPS) is 11.9. The summed E-state index contributed by atoms with van der Waals surface area (Å²) in [5.41, 5.74) is 30.4. The summed E-state index contributed by atoms with van der Waals surface area (Å²) < 4.78 is 18.8. The molecule has 0 spiro atoms. The van der Waals surface area contributed by atoms with Gasteiger partial charge in [-0.2, -0.15) is 0 Å². The highest BCUT2D eigenvalue weighted by Gasteiger charge is 2.23. The minimum atomic E-state index is 0.907. The summed E-state index contributed by atoms with van der Waals surface area (Å²) in [5, 5.41) is 19.8. The lowest BCUT2D eigenvalue weighted by Crippen LogP contribution is -1.94. The van der Waals surface area contributed by atoms with Crippen LogP contribution in [-0.2, 0) is 0 Å². The van der Waals surface area contributed by atoms with Gasteiger partial charge in [-0.15, -0.1) is 11.3 Å². The van der Waals surface area contributed by atoms with Gasteiger partial charge in [0.15, 0.2) is 0 Å². The highest BCUT2D eigenvalue weighted by Crippen LogP contribution is 2.47. The van der Waals surface area contributed by atoms with E-state index in [9.17, 15) is 0 Å². The lowest BCUT2D eigenvalue weighted by atomic mass is 9.97. The molecule has 20 aromatic carbocycles. The van der Waals surface area contributed by atoms with E-state index in [2.05, 4.69) is 449 Å². The smallest absolute Gasteiger partial charge is 0.143 e. The van der Waals surface area contributed by atoms with Crippen molar-refractivity contribution < 1.29 is 4.42 Å². The average Bonchev–Trinajstić information content (AvgIpc) is 1.61. The number of aromatic nitrogens is 4. The van der Waals surface area contributed by atoms with Gasteiger partial charge in [-0.3, -0.25) is 0 Å². The van der Waals surface area contributed by atoms with Crippen molar-refractivity contribution in [1.29, 1.82) is 0 Å². The van der Waals surface area contributed by atoms with Crippen LogP contribution >= 0.6 is 11.3 Å². The second-order valence-electron chi connectivity index (χ2n) is 32.2. The average molecular weight is 1570 g/mol. The standard InChI is InChI=1S/C58H36N2O.C58H36N2S/c2*1-2-13-44(14-3-1)59-53-19-8-6-15-47(53)51-34-41(27-31-54(51)59)38-21-23-39(24-22-38)42-28-32-55-52(35-42)48-30-26-43(46-17-10-18-50-49-16-7-9-20-57(49)61-58(46)50)36-56(48)60(55)45-29-25-37-11-4-5-12-40(37)33-45/h2*1-36H. The Balaban J connectivity index is 0.000000134. The summed E-state index contributed by atoms with van der Waals surface area (Å²) >= 11 is 1.89. The van der Waals surface area contributed by atoms with Gasteiger partial charge >= 0.3 is 0 Å². The minimum absolute atomic E-state index is 0.907. The molecule has 0 amide bonds. The minimum Gasteiger partial charge on any atom is -0.455 e. The molecule has 0 N–H and O–H groups in total. The van der Waals surface area contributed by atoms with Crippen LogP contribution in [0.2, 0.25) is 0 Å². The van der Waals surface area contributed by atoms with E-state index in [-0.39, 0.29) is 0 Å². The zero-order valence-corrected chi connectivity index (χ0v) is 67.0. The Hall–Kier alpha value is -15.9. The van der Waals surface area contributed by atoms with Crippen molar-refractivity contribution in [3.8, 4) is 89.5 Å². The first-order chi connectivity index (χ1) is 60.5. The molecular weight excluding hydrogens is 1500 g/mol. The van der Waals surface area contributed by atoms with Crippen LogP contribution in [0.3, 0.4) is 0 Å². The molecule has 0 bridgehead atoms. The largest absolute Gasteiger partial charge is 0.455 e. The summed E-state index contributed by atoms with van der Waals surface area (Å²) in [5.74, 6) is 0. The molecule has 0 aliphatic heterocycles. The van der Waals surface area contributed by atoms with Gasteiger partial charge in [-0.05, 0) is 216 Å². The second kappa shape index (κ2) is 27.9. The van der Waals surface area contributed by atoms with Crippen molar-refractivity contribution >= 4 is 162 Å². The molecule has 5 nitrogen and oxygen atoms in total. The zero-order chi connectivity index (χ0) is 80.0. The number of para-hydroxylation sites is 6. The fraction of sp³-hybridized carbons (Fsp3) is 0. The number of benzene rings is 20. The molecule has 0 atom stereocenters. The van der Waals surface area contributed by atoms with Crippen molar-refractivity contribution in [2.24, 2.45) is 0 Å². The third-order valence-corrected chi connectivity index (χ3v) is 26.6. The third-order valence-electron chi connectivity index (χ3n) is 25.4. The Labute approximate surface area is 706 Å². The lowest BCUT2D eigenvalue weighted by molar-refractivity contribution is 0.670. The lowest BCUT2D eigenvalue weighted by Gasteiger charge is -2.11. The Morgan fingerprint density at radius 2 is 0.516 bits per heavy atom. The molecule has 122 heavy (non-hydrogen) atoms. The summed E-state index contributed by atoms with van der Waals surface area (Å²) in [4.78, 5) is 0. The third kappa shape index (κ3) is 11.2. The Morgan fingerprint density at radius 3 is 1.00 bits per heavy atom. The summed E-state index contributed by atoms with van der Waals surface area (Å²) in [7, 11) is 0. The fourth-order valence-corrected chi connectivity index (χ4v) is 20.8. The number of hydrogen-bond donors (Lipinski definition) is 0. The van der Waals surface area contributed by atoms with E-state index >= 15 is 0 Å². The van der Waals surface area contributed by atoms with Crippen LogP contribution in [-0.4, -0.2) is 18.3 Å². The molecule has 0 fully saturated rings. The van der Waals surface area contributed by atoms with Crippen LogP contribution < -0.4 is 0 Å². The van der Waals surface area contributed by atoms with E-state index in [0.717, 1.165) is 50.0 Å². The van der Waals surface area contributed by atoms with Gasteiger partial charge in [0, 0.05) is 102 Å². The summed E-state index contributed by atoms with van der Waals surface area (Å²) in [6.07, 6.45) is 0. The molecule has 0 saturated carbocycles. The van der Waals surface area contributed by atoms with Crippen molar-refractivity contribution in [2.75, 3.05) is 0 Å². The quantitative estimate of drug-likeness (QED) is 0.134. The van der Waals surface area contributed by atoms with Crippen LogP contribution in [0.5, 0.6) is 0 Å². The van der Waals surface area contributed by atoms with Crippen LogP contribution in [0.4, 0.5) is 0 Å². The Kier molecular flexibility index (Phi) is 15.8. The van der Waals surface area contributed by atoms with Crippen LogP contribution in [0.1, 0.15) is 0 Å². The maximum absolute atomic E-state index is 6.52. The van der Waals surface area contributed by atoms with E-state index in [4.69, 9.17) is 4.42 Å². The molecular formula is C116H72N4OS. The number of nitrogens with zero attached hydrogens (tertiary/aromatic N) is 4. The summed E-state index contributed by atoms with van der Waals surface area (Å²) in [6, 6.07) is 160. The molecule has 0 aliphatic rings. The summed E-state index contributed by atoms with van der Waals surface area (Å²) in [6.45, 7) is 0. The van der Waals surface area contributed by atoms with E-state index in [1.165, 1.54) is 190 Å². The Morgan fingerprint density at radius 1 is 0.172 bits per heavy atom. The molecule has 568 valence electrons. The molecule has 0 aliphatic carbocycles. The first-order valence-corrected chi connectivity index (χ1v) is 42.6. The SMILES string of the molecule is c1ccc(-n2c3ccccc3c3cc(-c4ccc(-c5ccc6c(c5)c5ccc(-c7cccc8c7oc7ccccc78)cc5n6-c5ccc6ccccc6c5)cc4)ccc32)cc1.c1ccc(-n2c3ccccc3c3cc(-c4ccc(-c5ccc6c(c5)c5ccc(-c7cccc8c7sc7ccccc78)cc5n6-c5ccc6ccccc6c5)cc4)ccc32)cc1. The number of furan rings is 1. The van der Waals surface area contributed by atoms with E-state index in [1.54, 1.807) is 0 Å². The molecule has 6 heteroatoms. The number of rotatable bonds is 10. The molecule has 6 aromatic heterocycles. The first-order valence-electron chi connectivity index (χ1n) is 41.8. The van der Waals surface area contributed by atoms with Gasteiger partial charge < -0.3 is 22.7 Å². The van der Waals surface area contributed by atoms with Gasteiger partial charge in [0.1, 0.15) is 11.2 Å². The molecule has 26 rings (SSSR count). The van der Waals surface area contributed by atoms with E-state index in [1.807, 2.05) is 17.4 Å². The van der Waals surface area contributed by atoms with Crippen LogP contribution in [0, 0.1) is 0 Å². The maximum atomic E-state index is 6.52. The Bertz CT molecular complexity index is 8240. The van der Waals surface area contributed by atoms with Crippen molar-refractivity contribution in [2.45, 2.75) is 0 Å². The predicted octanol–water partition coefficient (Wildman–Crippen LogP) is 32.3. The maximum Gasteiger partial charge on any atom is 0.143 e. The molecule has 0 saturated heterocycles.